The van der Waals surface area contributed by atoms with Crippen LogP contribution >= 0.6 is 23.2 Å². The predicted molar refractivity (Wildman–Crippen MR) is 176 cm³/mol. The number of benzene rings is 4. The molecule has 0 saturated heterocycles. The van der Waals surface area contributed by atoms with Gasteiger partial charge in [0.15, 0.2) is 0 Å². The lowest BCUT2D eigenvalue weighted by Crippen LogP contribution is -2.53. The number of hydrogen-bond donors (Lipinski definition) is 1. The van der Waals surface area contributed by atoms with Gasteiger partial charge in [-0.1, -0.05) is 97.7 Å². The Labute approximate surface area is 269 Å². The fourth-order valence-electron chi connectivity index (χ4n) is 4.62. The van der Waals surface area contributed by atoms with Gasteiger partial charge in [-0.25, -0.2) is 8.42 Å². The Hall–Kier alpha value is -3.85. The second-order valence-corrected chi connectivity index (χ2v) is 13.5. The number of carbonyl (C=O) groups is 2. The van der Waals surface area contributed by atoms with Crippen molar-refractivity contribution in [2.24, 2.45) is 5.92 Å². The first-order chi connectivity index (χ1) is 21.0. The van der Waals surface area contributed by atoms with E-state index < -0.39 is 28.5 Å². The summed E-state index contributed by atoms with van der Waals surface area (Å²) in [6.45, 7) is 3.93. The Morgan fingerprint density at radius 1 is 0.750 bits per heavy atom. The van der Waals surface area contributed by atoms with Crippen LogP contribution in [0.25, 0.3) is 0 Å². The molecular formula is C34H35Cl2N3O4S. The molecular weight excluding hydrogens is 617 g/mol. The normalized spacial score (nSPS) is 12.0. The number of nitrogens with one attached hydrogen (secondary N) is 1. The van der Waals surface area contributed by atoms with E-state index in [4.69, 9.17) is 23.2 Å². The molecule has 10 heteroatoms. The summed E-state index contributed by atoms with van der Waals surface area (Å²) < 4.78 is 29.0. The van der Waals surface area contributed by atoms with Crippen molar-refractivity contribution in [1.82, 2.24) is 10.2 Å². The molecule has 0 bridgehead atoms. The third kappa shape index (κ3) is 8.85. The summed E-state index contributed by atoms with van der Waals surface area (Å²) in [5.41, 5.74) is 1.91. The third-order valence-electron chi connectivity index (χ3n) is 6.95. The van der Waals surface area contributed by atoms with E-state index in [9.17, 15) is 18.0 Å². The lowest BCUT2D eigenvalue weighted by atomic mass is 10.0. The van der Waals surface area contributed by atoms with E-state index in [1.165, 1.54) is 29.2 Å². The largest absolute Gasteiger partial charge is 0.354 e. The van der Waals surface area contributed by atoms with Crippen LogP contribution < -0.4 is 9.62 Å². The van der Waals surface area contributed by atoms with Gasteiger partial charge in [-0.15, -0.1) is 0 Å². The molecule has 0 aliphatic rings. The molecule has 0 unspecified atom stereocenters. The van der Waals surface area contributed by atoms with Crippen molar-refractivity contribution < 1.29 is 18.0 Å². The molecule has 0 aromatic heterocycles. The zero-order chi connectivity index (χ0) is 31.7. The molecule has 2 amide bonds. The Kier molecular flexibility index (Phi) is 11.4. The zero-order valence-electron chi connectivity index (χ0n) is 24.6. The number of nitrogens with zero attached hydrogens (tertiary/aromatic N) is 2. The van der Waals surface area contributed by atoms with E-state index in [1.807, 2.05) is 44.2 Å². The molecule has 4 aromatic rings. The number of amides is 2. The van der Waals surface area contributed by atoms with Crippen molar-refractivity contribution in [3.8, 4) is 0 Å². The van der Waals surface area contributed by atoms with Crippen molar-refractivity contribution in [2.45, 2.75) is 37.8 Å². The SMILES string of the molecule is CC(C)CNC(=O)[C@@H](Cc1ccccc1)N(Cc1ccc(Cl)cc1)C(=O)CN(c1ccccc1)S(=O)(=O)c1ccc(Cl)cc1. The molecule has 0 radical (unpaired) electrons. The second kappa shape index (κ2) is 15.2. The summed E-state index contributed by atoms with van der Waals surface area (Å²) in [6, 6.07) is 29.7. The fraction of sp³-hybridized carbons (Fsp3) is 0.235. The number of halogens is 2. The highest BCUT2D eigenvalue weighted by molar-refractivity contribution is 7.92. The van der Waals surface area contributed by atoms with Gasteiger partial charge in [0, 0.05) is 29.6 Å². The van der Waals surface area contributed by atoms with Gasteiger partial charge < -0.3 is 10.2 Å². The standard InChI is InChI=1S/C34H35Cl2N3O4S/c1-25(2)22-37-34(41)32(21-26-9-5-3-6-10-26)38(23-27-13-15-28(35)16-14-27)33(40)24-39(30-11-7-4-8-12-30)44(42,43)31-19-17-29(36)18-20-31/h3-20,25,32H,21-24H2,1-2H3,(H,37,41)/t32-/m1/s1. The average Bonchev–Trinajstić information content (AvgIpc) is 3.02. The van der Waals surface area contributed by atoms with Crippen molar-refractivity contribution in [1.29, 1.82) is 0 Å². The first-order valence-corrected chi connectivity index (χ1v) is 16.4. The van der Waals surface area contributed by atoms with Crippen LogP contribution in [-0.4, -0.2) is 44.3 Å². The maximum absolute atomic E-state index is 14.4. The van der Waals surface area contributed by atoms with Gasteiger partial charge in [-0.3, -0.25) is 13.9 Å². The molecule has 0 spiro atoms. The van der Waals surface area contributed by atoms with E-state index in [1.54, 1.807) is 54.6 Å². The molecule has 1 atom stereocenters. The summed E-state index contributed by atoms with van der Waals surface area (Å²) in [4.78, 5) is 29.6. The van der Waals surface area contributed by atoms with E-state index in [-0.39, 0.29) is 29.7 Å². The molecule has 0 aliphatic heterocycles. The molecule has 4 aromatic carbocycles. The average molecular weight is 653 g/mol. The highest BCUT2D eigenvalue weighted by Crippen LogP contribution is 2.26. The van der Waals surface area contributed by atoms with Crippen LogP contribution in [0.3, 0.4) is 0 Å². The Balaban J connectivity index is 1.77. The summed E-state index contributed by atoms with van der Waals surface area (Å²) in [6.07, 6.45) is 0.235. The first kappa shape index (κ1) is 33.1. The van der Waals surface area contributed by atoms with Crippen LogP contribution in [0.2, 0.25) is 10.0 Å². The molecule has 0 aliphatic carbocycles. The smallest absolute Gasteiger partial charge is 0.264 e. The van der Waals surface area contributed by atoms with E-state index in [2.05, 4.69) is 5.32 Å². The molecule has 4 rings (SSSR count). The lowest BCUT2D eigenvalue weighted by molar-refractivity contribution is -0.140. The second-order valence-electron chi connectivity index (χ2n) is 10.8. The van der Waals surface area contributed by atoms with Gasteiger partial charge in [0.2, 0.25) is 11.8 Å². The Morgan fingerprint density at radius 3 is 1.86 bits per heavy atom. The number of sulfonamides is 1. The van der Waals surface area contributed by atoms with Crippen LogP contribution in [0.5, 0.6) is 0 Å². The van der Waals surface area contributed by atoms with Crippen LogP contribution in [0.4, 0.5) is 5.69 Å². The molecule has 230 valence electrons. The highest BCUT2D eigenvalue weighted by Gasteiger charge is 2.34. The third-order valence-corrected chi connectivity index (χ3v) is 9.24. The number of carbonyl (C=O) groups excluding carboxylic acids is 2. The zero-order valence-corrected chi connectivity index (χ0v) is 26.9. The van der Waals surface area contributed by atoms with Gasteiger partial charge in [0.05, 0.1) is 10.6 Å². The van der Waals surface area contributed by atoms with Crippen LogP contribution in [-0.2, 0) is 32.6 Å². The van der Waals surface area contributed by atoms with Crippen LogP contribution in [0.1, 0.15) is 25.0 Å². The quantitative estimate of drug-likeness (QED) is 0.176. The topological polar surface area (TPSA) is 86.8 Å². The molecule has 0 heterocycles. The fourth-order valence-corrected chi connectivity index (χ4v) is 6.29. The van der Waals surface area contributed by atoms with Gasteiger partial charge in [0.1, 0.15) is 12.6 Å². The predicted octanol–water partition coefficient (Wildman–Crippen LogP) is 6.60. The Morgan fingerprint density at radius 2 is 1.30 bits per heavy atom. The number of anilines is 1. The lowest BCUT2D eigenvalue weighted by Gasteiger charge is -2.34. The minimum atomic E-state index is -4.20. The minimum Gasteiger partial charge on any atom is -0.354 e. The molecule has 0 fully saturated rings. The highest BCUT2D eigenvalue weighted by atomic mass is 35.5. The van der Waals surface area contributed by atoms with Gasteiger partial charge in [0.25, 0.3) is 10.0 Å². The molecule has 0 saturated carbocycles. The maximum atomic E-state index is 14.4. The van der Waals surface area contributed by atoms with E-state index in [0.29, 0.717) is 22.3 Å². The van der Waals surface area contributed by atoms with Crippen molar-refractivity contribution in [3.05, 3.63) is 130 Å². The number of para-hydroxylation sites is 1. The van der Waals surface area contributed by atoms with Crippen molar-refractivity contribution in [3.63, 3.8) is 0 Å². The van der Waals surface area contributed by atoms with Gasteiger partial charge in [-0.05, 0) is 65.6 Å². The van der Waals surface area contributed by atoms with Crippen LogP contribution in [0, 0.1) is 5.92 Å². The van der Waals surface area contributed by atoms with Gasteiger partial charge in [-0.2, -0.15) is 0 Å². The monoisotopic (exact) mass is 651 g/mol. The van der Waals surface area contributed by atoms with E-state index >= 15 is 0 Å². The van der Waals surface area contributed by atoms with Crippen molar-refractivity contribution in [2.75, 3.05) is 17.4 Å². The minimum absolute atomic E-state index is 0.0154. The van der Waals surface area contributed by atoms with Crippen molar-refractivity contribution >= 4 is 50.7 Å². The molecule has 1 N–H and O–H groups in total. The summed E-state index contributed by atoms with van der Waals surface area (Å²) >= 11 is 12.2. The maximum Gasteiger partial charge on any atom is 0.264 e. The Bertz CT molecular complexity index is 1630. The first-order valence-electron chi connectivity index (χ1n) is 14.2. The molecule has 44 heavy (non-hydrogen) atoms. The summed E-state index contributed by atoms with van der Waals surface area (Å²) in [7, 11) is -4.20. The summed E-state index contributed by atoms with van der Waals surface area (Å²) in [5, 5.41) is 3.90. The molecule has 7 nitrogen and oxygen atoms in total. The summed E-state index contributed by atoms with van der Waals surface area (Å²) in [5.74, 6) is -0.673. The number of hydrogen-bond acceptors (Lipinski definition) is 4. The number of rotatable bonds is 13. The van der Waals surface area contributed by atoms with Crippen LogP contribution in [0.15, 0.2) is 114 Å². The van der Waals surface area contributed by atoms with Gasteiger partial charge >= 0.3 is 0 Å². The van der Waals surface area contributed by atoms with E-state index in [0.717, 1.165) is 15.4 Å².